The van der Waals surface area contributed by atoms with E-state index >= 15 is 0 Å². The maximum atomic E-state index is 13.1. The van der Waals surface area contributed by atoms with Gasteiger partial charge in [0.2, 0.25) is 16.4 Å². The number of nitriles is 1. The molecule has 2 fully saturated rings. The summed E-state index contributed by atoms with van der Waals surface area (Å²) in [7, 11) is -3.70. The Labute approximate surface area is 204 Å². The normalized spacial score (nSPS) is 17.8. The Balaban J connectivity index is 1.59. The highest BCUT2D eigenvalue weighted by molar-refractivity contribution is 7.89. The average Bonchev–Trinajstić information content (AvgIpc) is 3.44. The minimum Gasteiger partial charge on any atom is -0.335 e. The number of alkyl halides is 2. The van der Waals surface area contributed by atoms with Gasteiger partial charge in [-0.15, -0.1) is 0 Å². The first-order valence-corrected chi connectivity index (χ1v) is 13.6. The Bertz CT molecular complexity index is 1380. The highest BCUT2D eigenvalue weighted by Crippen LogP contribution is 2.41. The molecule has 0 spiro atoms. The van der Waals surface area contributed by atoms with Gasteiger partial charge in [-0.3, -0.25) is 4.98 Å². The maximum absolute atomic E-state index is 13.1. The molecule has 35 heavy (non-hydrogen) atoms. The van der Waals surface area contributed by atoms with Crippen molar-refractivity contribution in [2.75, 3.05) is 0 Å². The van der Waals surface area contributed by atoms with Gasteiger partial charge in [-0.2, -0.15) is 5.26 Å². The van der Waals surface area contributed by atoms with Crippen LogP contribution < -0.4 is 4.72 Å². The van der Waals surface area contributed by atoms with Gasteiger partial charge >= 0.3 is 0 Å². The van der Waals surface area contributed by atoms with Gasteiger partial charge in [-0.25, -0.2) is 21.9 Å². The van der Waals surface area contributed by atoms with Gasteiger partial charge in [0.05, 0.1) is 22.5 Å². The molecule has 184 valence electrons. The minimum absolute atomic E-state index is 0.0787. The van der Waals surface area contributed by atoms with E-state index in [1.165, 1.54) is 12.3 Å². The molecule has 0 bridgehead atoms. The highest BCUT2D eigenvalue weighted by atomic mass is 32.2. The summed E-state index contributed by atoms with van der Waals surface area (Å²) < 4.78 is 56.6. The van der Waals surface area contributed by atoms with Crippen molar-refractivity contribution in [2.45, 2.75) is 75.3 Å². The quantitative estimate of drug-likeness (QED) is 0.440. The second-order valence-corrected chi connectivity index (χ2v) is 11.4. The van der Waals surface area contributed by atoms with Crippen LogP contribution in [0.5, 0.6) is 0 Å². The number of pyridine rings is 1. The summed E-state index contributed by atoms with van der Waals surface area (Å²) in [5.41, 5.74) is 2.81. The lowest BCUT2D eigenvalue weighted by molar-refractivity contribution is 0.149. The molecule has 2 aromatic heterocycles. The summed E-state index contributed by atoms with van der Waals surface area (Å²) in [5.74, 6) is 0.382. The van der Waals surface area contributed by atoms with Crippen LogP contribution in [0.3, 0.4) is 0 Å². The molecule has 3 aromatic rings. The van der Waals surface area contributed by atoms with Crippen LogP contribution in [0.4, 0.5) is 8.78 Å². The molecule has 2 heterocycles. The lowest BCUT2D eigenvalue weighted by atomic mass is 10.1. The number of nitrogens with zero attached hydrogens (tertiary/aromatic N) is 3. The summed E-state index contributed by atoms with van der Waals surface area (Å²) in [5, 5.41) is 10.8. The highest BCUT2D eigenvalue weighted by Gasteiger charge is 2.32. The molecular weight excluding hydrogens is 470 g/mol. The van der Waals surface area contributed by atoms with E-state index in [-0.39, 0.29) is 23.4 Å². The first kappa shape index (κ1) is 23.9. The van der Waals surface area contributed by atoms with Crippen molar-refractivity contribution < 1.29 is 17.2 Å². The molecule has 1 aromatic carbocycles. The Morgan fingerprint density at radius 1 is 1.17 bits per heavy atom. The summed E-state index contributed by atoms with van der Waals surface area (Å²) in [4.78, 5) is 4.56. The number of hydrogen-bond donors (Lipinski definition) is 1. The van der Waals surface area contributed by atoms with Crippen LogP contribution in [0.1, 0.15) is 62.6 Å². The number of hydrogen-bond acceptors (Lipinski definition) is 4. The number of fused-ring (bicyclic) bond motifs is 1. The van der Waals surface area contributed by atoms with Crippen molar-refractivity contribution in [1.82, 2.24) is 14.3 Å². The number of sulfonamides is 1. The number of halogens is 2. The van der Waals surface area contributed by atoms with Crippen LogP contribution in [-0.2, 0) is 16.4 Å². The molecule has 1 atom stereocenters. The third-order valence-corrected chi connectivity index (χ3v) is 8.76. The molecule has 5 rings (SSSR count). The van der Waals surface area contributed by atoms with Crippen molar-refractivity contribution in [1.29, 1.82) is 5.26 Å². The lowest BCUT2D eigenvalue weighted by Gasteiger charge is -2.18. The van der Waals surface area contributed by atoms with Crippen LogP contribution in [0.25, 0.3) is 22.3 Å². The number of benzene rings is 1. The predicted molar refractivity (Wildman–Crippen MR) is 130 cm³/mol. The van der Waals surface area contributed by atoms with Gasteiger partial charge in [0.25, 0.3) is 0 Å². The van der Waals surface area contributed by atoms with Gasteiger partial charge in [-0.05, 0) is 62.3 Å². The van der Waals surface area contributed by atoms with E-state index in [4.69, 9.17) is 0 Å². The number of aromatic nitrogens is 2. The third kappa shape index (κ3) is 4.69. The first-order chi connectivity index (χ1) is 16.8. The summed E-state index contributed by atoms with van der Waals surface area (Å²) >= 11 is 0. The summed E-state index contributed by atoms with van der Waals surface area (Å²) in [6, 6.07) is 10.6. The van der Waals surface area contributed by atoms with Gasteiger partial charge in [0, 0.05) is 30.1 Å². The standard InChI is InChI=1S/C26H28F2N4O2S/c1-16(18-7-8-18)31-35(33,34)20-9-11-23(30-15-20)26-22(14-29)21-10-6-17(13-25(27)28)12-24(21)32(26)19-4-2-3-5-19/h6,9-12,15-16,18-19,25,31H,2-5,7-8,13H2,1H3/t16-/m0/s1. The zero-order chi connectivity index (χ0) is 24.7. The fourth-order valence-electron chi connectivity index (χ4n) is 5.25. The van der Waals surface area contributed by atoms with Crippen LogP contribution >= 0.6 is 0 Å². The molecule has 1 N–H and O–H groups in total. The van der Waals surface area contributed by atoms with Gasteiger partial charge in [-0.1, -0.05) is 25.0 Å². The smallest absolute Gasteiger partial charge is 0.242 e. The fourth-order valence-corrected chi connectivity index (χ4v) is 6.51. The monoisotopic (exact) mass is 498 g/mol. The van der Waals surface area contributed by atoms with Crippen molar-refractivity contribution >= 4 is 20.9 Å². The Hall–Kier alpha value is -2.83. The topological polar surface area (TPSA) is 87.8 Å². The van der Waals surface area contributed by atoms with Crippen molar-refractivity contribution in [3.8, 4) is 17.5 Å². The number of nitrogens with one attached hydrogen (secondary N) is 1. The summed E-state index contributed by atoms with van der Waals surface area (Å²) in [6.45, 7) is 1.87. The average molecular weight is 499 g/mol. The molecular formula is C26H28F2N4O2S. The van der Waals surface area contributed by atoms with E-state index in [0.717, 1.165) is 44.0 Å². The van der Waals surface area contributed by atoms with Crippen LogP contribution in [0.15, 0.2) is 41.4 Å². The maximum Gasteiger partial charge on any atom is 0.242 e. The Morgan fingerprint density at radius 3 is 2.51 bits per heavy atom. The Kier molecular flexibility index (Phi) is 6.36. The zero-order valence-electron chi connectivity index (χ0n) is 19.5. The Morgan fingerprint density at radius 2 is 1.91 bits per heavy atom. The van der Waals surface area contributed by atoms with E-state index < -0.39 is 16.4 Å². The van der Waals surface area contributed by atoms with Gasteiger partial charge in [0.15, 0.2) is 0 Å². The largest absolute Gasteiger partial charge is 0.335 e. The van der Waals surface area contributed by atoms with E-state index in [0.29, 0.717) is 33.8 Å². The van der Waals surface area contributed by atoms with Gasteiger partial charge < -0.3 is 4.57 Å². The van der Waals surface area contributed by atoms with Crippen molar-refractivity contribution in [3.05, 3.63) is 47.7 Å². The van der Waals surface area contributed by atoms with Crippen LogP contribution in [0.2, 0.25) is 0 Å². The van der Waals surface area contributed by atoms with E-state index in [1.807, 2.05) is 6.92 Å². The zero-order valence-corrected chi connectivity index (χ0v) is 20.4. The lowest BCUT2D eigenvalue weighted by Crippen LogP contribution is -2.34. The minimum atomic E-state index is -3.70. The molecule has 2 aliphatic carbocycles. The molecule has 0 radical (unpaired) electrons. The predicted octanol–water partition coefficient (Wildman–Crippen LogP) is 5.57. The molecule has 0 aliphatic heterocycles. The summed E-state index contributed by atoms with van der Waals surface area (Å²) in [6.07, 6.45) is 4.55. The van der Waals surface area contributed by atoms with Crippen molar-refractivity contribution in [3.63, 3.8) is 0 Å². The molecule has 6 nitrogen and oxygen atoms in total. The molecule has 2 aliphatic rings. The van der Waals surface area contributed by atoms with E-state index in [2.05, 4.69) is 20.3 Å². The second kappa shape index (κ2) is 9.32. The fraction of sp³-hybridized carbons (Fsp3) is 0.462. The SMILES string of the molecule is C[C@H](NS(=O)(=O)c1ccc(-c2c(C#N)c3ccc(CC(F)F)cc3n2C2CCCC2)nc1)C1CC1. The van der Waals surface area contributed by atoms with Crippen LogP contribution in [0, 0.1) is 17.2 Å². The molecule has 0 amide bonds. The van der Waals surface area contributed by atoms with E-state index in [9.17, 15) is 22.5 Å². The molecule has 9 heteroatoms. The third-order valence-electron chi connectivity index (χ3n) is 7.22. The molecule has 2 saturated carbocycles. The molecule has 0 saturated heterocycles. The van der Waals surface area contributed by atoms with Crippen molar-refractivity contribution in [2.24, 2.45) is 5.92 Å². The van der Waals surface area contributed by atoms with E-state index in [1.54, 1.807) is 24.3 Å². The first-order valence-electron chi connectivity index (χ1n) is 12.1. The molecule has 0 unspecified atom stereocenters. The second-order valence-electron chi connectivity index (χ2n) is 9.72. The number of rotatable bonds is 8. The van der Waals surface area contributed by atoms with Crippen LogP contribution in [-0.4, -0.2) is 30.4 Å². The van der Waals surface area contributed by atoms with Gasteiger partial charge in [0.1, 0.15) is 11.0 Å².